The number of hydrogen-bond donors (Lipinski definition) is 0. The van der Waals surface area contributed by atoms with Gasteiger partial charge in [0.25, 0.3) is 5.56 Å². The molecule has 0 N–H and O–H groups in total. The molecule has 0 bridgehead atoms. The zero-order valence-electron chi connectivity index (χ0n) is 13.9. The highest BCUT2D eigenvalue weighted by atomic mass is 32.1. The van der Waals surface area contributed by atoms with Crippen LogP contribution in [0.25, 0.3) is 10.2 Å². The Hall–Kier alpha value is -2.41. The van der Waals surface area contributed by atoms with Crippen molar-refractivity contribution in [3.8, 4) is 0 Å². The number of nitrogens with zero attached hydrogens (tertiary/aromatic N) is 3. The number of carbonyl (C=O) groups excluding carboxylic acids is 1. The van der Waals surface area contributed by atoms with E-state index in [1.807, 2.05) is 32.0 Å². The molecule has 3 rings (SSSR count). The molecule has 3 aromatic heterocycles. The van der Waals surface area contributed by atoms with Crippen molar-refractivity contribution in [2.45, 2.75) is 33.4 Å². The van der Waals surface area contributed by atoms with Crippen LogP contribution in [0.4, 0.5) is 0 Å². The number of furan rings is 1. The second kappa shape index (κ2) is 6.60. The van der Waals surface area contributed by atoms with Crippen LogP contribution in [0.3, 0.4) is 0 Å². The Morgan fingerprint density at radius 2 is 2.21 bits per heavy atom. The summed E-state index contributed by atoms with van der Waals surface area (Å²) in [4.78, 5) is 32.6. The molecular formula is C17H19N3O3S. The van der Waals surface area contributed by atoms with Crippen molar-refractivity contribution in [2.24, 2.45) is 0 Å². The fraction of sp³-hybridized carbons (Fsp3) is 0.353. The quantitative estimate of drug-likeness (QED) is 0.713. The summed E-state index contributed by atoms with van der Waals surface area (Å²) in [5.74, 6) is 1.36. The van der Waals surface area contributed by atoms with E-state index in [9.17, 15) is 9.59 Å². The number of fused-ring (bicyclic) bond motifs is 1. The van der Waals surface area contributed by atoms with Crippen LogP contribution in [0.2, 0.25) is 0 Å². The van der Waals surface area contributed by atoms with Gasteiger partial charge < -0.3 is 9.32 Å². The van der Waals surface area contributed by atoms with Crippen LogP contribution in [-0.2, 0) is 24.3 Å². The predicted molar refractivity (Wildman–Crippen MR) is 93.2 cm³/mol. The summed E-state index contributed by atoms with van der Waals surface area (Å²) >= 11 is 1.52. The summed E-state index contributed by atoms with van der Waals surface area (Å²) in [7, 11) is 1.69. The minimum atomic E-state index is -0.174. The van der Waals surface area contributed by atoms with Gasteiger partial charge in [0.15, 0.2) is 0 Å². The van der Waals surface area contributed by atoms with Crippen molar-refractivity contribution < 1.29 is 9.21 Å². The molecule has 0 atom stereocenters. The van der Waals surface area contributed by atoms with Gasteiger partial charge in [-0.1, -0.05) is 6.92 Å². The summed E-state index contributed by atoms with van der Waals surface area (Å²) < 4.78 is 6.84. The molecule has 0 saturated heterocycles. The average Bonchev–Trinajstić information content (AvgIpc) is 3.16. The predicted octanol–water partition coefficient (Wildman–Crippen LogP) is 2.58. The molecule has 3 heterocycles. The van der Waals surface area contributed by atoms with Crippen molar-refractivity contribution in [3.63, 3.8) is 0 Å². The summed E-state index contributed by atoms with van der Waals surface area (Å²) in [5, 5.41) is 0.580. The SMILES string of the molecule is CCc1cc2c(=O)n(CC(=O)N(C)Cc3ccc(C)o3)cnc2s1. The van der Waals surface area contributed by atoms with E-state index in [1.54, 1.807) is 11.9 Å². The zero-order chi connectivity index (χ0) is 17.3. The molecule has 0 aliphatic carbocycles. The number of aryl methyl sites for hydroxylation is 2. The van der Waals surface area contributed by atoms with E-state index >= 15 is 0 Å². The van der Waals surface area contributed by atoms with Crippen LogP contribution >= 0.6 is 11.3 Å². The lowest BCUT2D eigenvalue weighted by molar-refractivity contribution is -0.131. The second-order valence-electron chi connectivity index (χ2n) is 5.72. The highest BCUT2D eigenvalue weighted by molar-refractivity contribution is 7.18. The van der Waals surface area contributed by atoms with Gasteiger partial charge in [-0.3, -0.25) is 14.2 Å². The molecule has 126 valence electrons. The minimum Gasteiger partial charge on any atom is -0.464 e. The number of carbonyl (C=O) groups is 1. The first-order valence-corrected chi connectivity index (χ1v) is 8.56. The molecule has 0 fully saturated rings. The number of hydrogen-bond acceptors (Lipinski definition) is 5. The second-order valence-corrected chi connectivity index (χ2v) is 6.84. The van der Waals surface area contributed by atoms with E-state index in [0.29, 0.717) is 11.9 Å². The van der Waals surface area contributed by atoms with E-state index in [4.69, 9.17) is 4.42 Å². The maximum absolute atomic E-state index is 12.5. The molecule has 0 aliphatic rings. The summed E-state index contributed by atoms with van der Waals surface area (Å²) in [6.45, 7) is 4.24. The van der Waals surface area contributed by atoms with E-state index in [0.717, 1.165) is 27.6 Å². The highest BCUT2D eigenvalue weighted by Gasteiger charge is 2.15. The molecule has 6 nitrogen and oxygen atoms in total. The van der Waals surface area contributed by atoms with Gasteiger partial charge >= 0.3 is 0 Å². The monoisotopic (exact) mass is 345 g/mol. The summed E-state index contributed by atoms with van der Waals surface area (Å²) in [5.41, 5.74) is -0.174. The van der Waals surface area contributed by atoms with Crippen LogP contribution in [0.1, 0.15) is 23.3 Å². The Kier molecular flexibility index (Phi) is 4.53. The van der Waals surface area contributed by atoms with Crippen molar-refractivity contribution in [1.82, 2.24) is 14.5 Å². The average molecular weight is 345 g/mol. The fourth-order valence-electron chi connectivity index (χ4n) is 2.46. The van der Waals surface area contributed by atoms with Crippen LogP contribution in [0, 0.1) is 6.92 Å². The molecule has 0 unspecified atom stereocenters. The van der Waals surface area contributed by atoms with Crippen molar-refractivity contribution in [2.75, 3.05) is 7.05 Å². The first-order chi connectivity index (χ1) is 11.5. The molecule has 0 aliphatic heterocycles. The Morgan fingerprint density at radius 3 is 2.88 bits per heavy atom. The molecule has 1 amide bonds. The smallest absolute Gasteiger partial charge is 0.262 e. The molecule has 0 saturated carbocycles. The van der Waals surface area contributed by atoms with Gasteiger partial charge in [-0.05, 0) is 31.5 Å². The van der Waals surface area contributed by atoms with E-state index in [1.165, 1.54) is 22.2 Å². The van der Waals surface area contributed by atoms with Gasteiger partial charge in [-0.25, -0.2) is 4.98 Å². The lowest BCUT2D eigenvalue weighted by Crippen LogP contribution is -2.33. The number of amides is 1. The van der Waals surface area contributed by atoms with Gasteiger partial charge in [0, 0.05) is 11.9 Å². The molecule has 0 radical (unpaired) electrons. The molecule has 0 aromatic carbocycles. The Bertz CT molecular complexity index is 938. The van der Waals surface area contributed by atoms with E-state index < -0.39 is 0 Å². The maximum Gasteiger partial charge on any atom is 0.262 e. The molecule has 3 aromatic rings. The van der Waals surface area contributed by atoms with Crippen molar-refractivity contribution in [3.05, 3.63) is 51.3 Å². The molecular weight excluding hydrogens is 326 g/mol. The van der Waals surface area contributed by atoms with Gasteiger partial charge in [-0.15, -0.1) is 11.3 Å². The third-order valence-electron chi connectivity index (χ3n) is 3.84. The first-order valence-electron chi connectivity index (χ1n) is 7.75. The Balaban J connectivity index is 1.77. The van der Waals surface area contributed by atoms with Crippen molar-refractivity contribution in [1.29, 1.82) is 0 Å². The van der Waals surface area contributed by atoms with Crippen LogP contribution in [0.15, 0.2) is 33.7 Å². The maximum atomic E-state index is 12.5. The number of rotatable bonds is 5. The first kappa shape index (κ1) is 16.4. The zero-order valence-corrected chi connectivity index (χ0v) is 14.7. The fourth-order valence-corrected chi connectivity index (χ4v) is 3.38. The Labute approximate surface area is 143 Å². The largest absolute Gasteiger partial charge is 0.464 e. The number of likely N-dealkylation sites (N-methyl/N-ethyl adjacent to an activating group) is 1. The van der Waals surface area contributed by atoms with E-state index in [-0.39, 0.29) is 18.0 Å². The summed E-state index contributed by atoms with van der Waals surface area (Å²) in [6, 6.07) is 5.57. The highest BCUT2D eigenvalue weighted by Crippen LogP contribution is 2.21. The van der Waals surface area contributed by atoms with Crippen LogP contribution < -0.4 is 5.56 Å². The number of aromatic nitrogens is 2. The van der Waals surface area contributed by atoms with Gasteiger partial charge in [-0.2, -0.15) is 0 Å². The Morgan fingerprint density at radius 1 is 1.42 bits per heavy atom. The lowest BCUT2D eigenvalue weighted by atomic mass is 10.3. The summed E-state index contributed by atoms with van der Waals surface area (Å²) in [6.07, 6.45) is 2.31. The van der Waals surface area contributed by atoms with Crippen LogP contribution in [0.5, 0.6) is 0 Å². The standard InChI is InChI=1S/C17H19N3O3S/c1-4-13-7-14-16(24-13)18-10-20(17(14)22)9-15(21)19(3)8-12-6-5-11(2)23-12/h5-7,10H,4,8-9H2,1-3H3. The third-order valence-corrected chi connectivity index (χ3v) is 5.03. The van der Waals surface area contributed by atoms with Crippen LogP contribution in [-0.4, -0.2) is 27.4 Å². The lowest BCUT2D eigenvalue weighted by Gasteiger charge is -2.16. The molecule has 24 heavy (non-hydrogen) atoms. The molecule has 7 heteroatoms. The minimum absolute atomic E-state index is 0.0325. The van der Waals surface area contributed by atoms with Gasteiger partial charge in [0.2, 0.25) is 5.91 Å². The molecule has 0 spiro atoms. The topological polar surface area (TPSA) is 68.3 Å². The third kappa shape index (κ3) is 3.26. The van der Waals surface area contributed by atoms with Gasteiger partial charge in [0.05, 0.1) is 18.3 Å². The van der Waals surface area contributed by atoms with Gasteiger partial charge in [0.1, 0.15) is 22.9 Å². The number of thiophene rings is 1. The van der Waals surface area contributed by atoms with Crippen molar-refractivity contribution >= 4 is 27.5 Å². The normalized spacial score (nSPS) is 11.1. The van der Waals surface area contributed by atoms with E-state index in [2.05, 4.69) is 4.98 Å².